The molecule has 2 aromatic rings. The maximum Gasteiger partial charge on any atom is 0.232 e. The number of nitriles is 1. The fourth-order valence-corrected chi connectivity index (χ4v) is 2.38. The van der Waals surface area contributed by atoms with Crippen molar-refractivity contribution in [3.8, 4) is 11.9 Å². The van der Waals surface area contributed by atoms with Crippen molar-refractivity contribution in [3.05, 3.63) is 35.9 Å². The maximum atomic E-state index is 9.27. The number of hydrogen-bond acceptors (Lipinski definition) is 3. The van der Waals surface area contributed by atoms with Crippen molar-refractivity contribution in [2.75, 3.05) is 0 Å². The molecule has 0 aliphatic carbocycles. The molecular formula is C18H22N2O. The van der Waals surface area contributed by atoms with E-state index in [0.717, 1.165) is 23.7 Å². The van der Waals surface area contributed by atoms with Gasteiger partial charge in [-0.2, -0.15) is 5.26 Å². The second-order valence-corrected chi connectivity index (χ2v) is 5.42. The van der Waals surface area contributed by atoms with Gasteiger partial charge in [-0.1, -0.05) is 44.4 Å². The van der Waals surface area contributed by atoms with Crippen molar-refractivity contribution in [3.63, 3.8) is 0 Å². The topological polar surface area (TPSA) is 45.9 Å². The molecule has 3 heteroatoms. The van der Waals surface area contributed by atoms with Crippen LogP contribution in [0, 0.1) is 11.3 Å². The minimum atomic E-state index is 0.0858. The number of para-hydroxylation sites is 1. The van der Waals surface area contributed by atoms with Gasteiger partial charge in [0, 0.05) is 5.39 Å². The highest BCUT2D eigenvalue weighted by Crippen LogP contribution is 2.23. The van der Waals surface area contributed by atoms with Gasteiger partial charge in [0.05, 0.1) is 11.6 Å². The molecule has 1 aromatic heterocycles. The smallest absolute Gasteiger partial charge is 0.232 e. The number of fused-ring (bicyclic) bond motifs is 1. The van der Waals surface area contributed by atoms with Gasteiger partial charge in [0.25, 0.3) is 0 Å². The predicted octanol–water partition coefficient (Wildman–Crippen LogP) is 4.84. The molecule has 110 valence electrons. The Hall–Kier alpha value is -2.08. The van der Waals surface area contributed by atoms with Crippen LogP contribution >= 0.6 is 0 Å². The summed E-state index contributed by atoms with van der Waals surface area (Å²) in [5.74, 6) is 0.458. The number of hydrogen-bond donors (Lipinski definition) is 0. The molecule has 0 aliphatic heterocycles. The van der Waals surface area contributed by atoms with Gasteiger partial charge in [0.1, 0.15) is 11.6 Å². The molecule has 2 rings (SSSR count). The van der Waals surface area contributed by atoms with Crippen molar-refractivity contribution in [2.24, 2.45) is 0 Å². The average molecular weight is 282 g/mol. The van der Waals surface area contributed by atoms with Crippen molar-refractivity contribution in [2.45, 2.75) is 52.1 Å². The molecule has 0 bridgehead atoms. The van der Waals surface area contributed by atoms with E-state index >= 15 is 0 Å². The summed E-state index contributed by atoms with van der Waals surface area (Å²) >= 11 is 0. The van der Waals surface area contributed by atoms with E-state index in [0.29, 0.717) is 11.4 Å². The first-order chi connectivity index (χ1) is 10.2. The molecule has 1 atom stereocenters. The third kappa shape index (κ3) is 4.19. The zero-order chi connectivity index (χ0) is 15.1. The zero-order valence-corrected chi connectivity index (χ0v) is 12.8. The summed E-state index contributed by atoms with van der Waals surface area (Å²) in [6.07, 6.45) is 5.98. The fraction of sp³-hybridized carbons (Fsp3) is 0.444. The van der Waals surface area contributed by atoms with E-state index in [1.807, 2.05) is 37.3 Å². The van der Waals surface area contributed by atoms with Crippen LogP contribution in [-0.2, 0) is 0 Å². The number of rotatable bonds is 7. The van der Waals surface area contributed by atoms with E-state index in [1.165, 1.54) is 19.3 Å². The van der Waals surface area contributed by atoms with Crippen molar-refractivity contribution >= 4 is 10.9 Å². The van der Waals surface area contributed by atoms with Crippen LogP contribution in [0.5, 0.6) is 5.88 Å². The first-order valence-electron chi connectivity index (χ1n) is 7.71. The van der Waals surface area contributed by atoms with Crippen LogP contribution < -0.4 is 4.74 Å². The third-order valence-electron chi connectivity index (χ3n) is 3.59. The molecule has 0 N–H and O–H groups in total. The lowest BCUT2D eigenvalue weighted by molar-refractivity contribution is 0.198. The minimum absolute atomic E-state index is 0.0858. The first-order valence-corrected chi connectivity index (χ1v) is 7.71. The summed E-state index contributed by atoms with van der Waals surface area (Å²) in [6, 6.07) is 11.8. The van der Waals surface area contributed by atoms with E-state index in [9.17, 15) is 5.26 Å². The summed E-state index contributed by atoms with van der Waals surface area (Å²) in [5, 5.41) is 10.2. The molecule has 0 saturated heterocycles. The molecule has 0 amide bonds. The Morgan fingerprint density at radius 1 is 1.24 bits per heavy atom. The average Bonchev–Trinajstić information content (AvgIpc) is 2.51. The highest BCUT2D eigenvalue weighted by Gasteiger charge is 2.11. The van der Waals surface area contributed by atoms with Gasteiger partial charge in [-0.15, -0.1) is 0 Å². The molecule has 1 heterocycles. The van der Waals surface area contributed by atoms with Gasteiger partial charge < -0.3 is 4.74 Å². The van der Waals surface area contributed by atoms with Crippen LogP contribution in [0.3, 0.4) is 0 Å². The van der Waals surface area contributed by atoms with Gasteiger partial charge in [0.15, 0.2) is 0 Å². The number of nitrogens with zero attached hydrogens (tertiary/aromatic N) is 2. The molecule has 1 unspecified atom stereocenters. The molecule has 0 fully saturated rings. The lowest BCUT2D eigenvalue weighted by Crippen LogP contribution is -2.13. The number of benzene rings is 1. The van der Waals surface area contributed by atoms with Crippen LogP contribution in [0.2, 0.25) is 0 Å². The SMILES string of the molecule is CCCCCCC(C)Oc1nc2ccccc2cc1C#N. The Morgan fingerprint density at radius 2 is 2.05 bits per heavy atom. The number of pyridine rings is 1. The molecule has 21 heavy (non-hydrogen) atoms. The summed E-state index contributed by atoms with van der Waals surface area (Å²) < 4.78 is 5.89. The fourth-order valence-electron chi connectivity index (χ4n) is 2.38. The van der Waals surface area contributed by atoms with Gasteiger partial charge in [-0.25, -0.2) is 4.98 Å². The Balaban J connectivity index is 2.08. The van der Waals surface area contributed by atoms with Crippen LogP contribution in [-0.4, -0.2) is 11.1 Å². The zero-order valence-electron chi connectivity index (χ0n) is 12.8. The van der Waals surface area contributed by atoms with Crippen LogP contribution in [0.1, 0.15) is 51.5 Å². The second kappa shape index (κ2) is 7.64. The minimum Gasteiger partial charge on any atom is -0.474 e. The predicted molar refractivity (Wildman–Crippen MR) is 85.3 cm³/mol. The summed E-state index contributed by atoms with van der Waals surface area (Å²) in [6.45, 7) is 4.25. The van der Waals surface area contributed by atoms with E-state index in [4.69, 9.17) is 4.74 Å². The van der Waals surface area contributed by atoms with Crippen LogP contribution in [0.4, 0.5) is 0 Å². The Bertz CT molecular complexity index is 631. The molecule has 0 radical (unpaired) electrons. The van der Waals surface area contributed by atoms with Crippen LogP contribution in [0.25, 0.3) is 10.9 Å². The van der Waals surface area contributed by atoms with Crippen molar-refractivity contribution < 1.29 is 4.74 Å². The normalized spacial score (nSPS) is 12.0. The Morgan fingerprint density at radius 3 is 2.81 bits per heavy atom. The monoisotopic (exact) mass is 282 g/mol. The third-order valence-corrected chi connectivity index (χ3v) is 3.59. The molecular weight excluding hydrogens is 260 g/mol. The summed E-state index contributed by atoms with van der Waals surface area (Å²) in [4.78, 5) is 4.49. The molecule has 1 aromatic carbocycles. The van der Waals surface area contributed by atoms with Gasteiger partial charge in [0.2, 0.25) is 5.88 Å². The standard InChI is InChI=1S/C18H22N2O/c1-3-4-5-6-9-14(2)21-18-16(13-19)12-15-10-7-8-11-17(15)20-18/h7-8,10-12,14H,3-6,9H2,1-2H3. The van der Waals surface area contributed by atoms with Gasteiger partial charge in [-0.3, -0.25) is 0 Å². The van der Waals surface area contributed by atoms with E-state index in [1.54, 1.807) is 0 Å². The quantitative estimate of drug-likeness (QED) is 0.682. The number of aromatic nitrogens is 1. The molecule has 0 saturated carbocycles. The summed E-state index contributed by atoms with van der Waals surface area (Å²) in [5.41, 5.74) is 1.37. The highest BCUT2D eigenvalue weighted by atomic mass is 16.5. The molecule has 0 spiro atoms. The Labute approximate surface area is 126 Å². The second-order valence-electron chi connectivity index (χ2n) is 5.42. The van der Waals surface area contributed by atoms with Gasteiger partial charge >= 0.3 is 0 Å². The lowest BCUT2D eigenvalue weighted by Gasteiger charge is -2.15. The van der Waals surface area contributed by atoms with E-state index in [2.05, 4.69) is 18.0 Å². The van der Waals surface area contributed by atoms with Gasteiger partial charge in [-0.05, 0) is 31.9 Å². The number of unbranched alkanes of at least 4 members (excludes halogenated alkanes) is 3. The van der Waals surface area contributed by atoms with Crippen molar-refractivity contribution in [1.29, 1.82) is 5.26 Å². The molecule has 0 aliphatic rings. The molecule has 3 nitrogen and oxygen atoms in total. The first kappa shape index (κ1) is 15.3. The van der Waals surface area contributed by atoms with Crippen LogP contribution in [0.15, 0.2) is 30.3 Å². The highest BCUT2D eigenvalue weighted by molar-refractivity contribution is 5.80. The Kier molecular flexibility index (Phi) is 5.57. The summed E-state index contributed by atoms with van der Waals surface area (Å²) in [7, 11) is 0. The maximum absolute atomic E-state index is 9.27. The van der Waals surface area contributed by atoms with E-state index < -0.39 is 0 Å². The van der Waals surface area contributed by atoms with E-state index in [-0.39, 0.29) is 6.10 Å². The lowest BCUT2D eigenvalue weighted by atomic mass is 10.1. The van der Waals surface area contributed by atoms with Crippen molar-refractivity contribution in [1.82, 2.24) is 4.98 Å². The number of ether oxygens (including phenoxy) is 1. The largest absolute Gasteiger partial charge is 0.474 e.